The summed E-state index contributed by atoms with van der Waals surface area (Å²) in [5.74, 6) is -3.32. The minimum atomic E-state index is -4.96. The van der Waals surface area contributed by atoms with E-state index in [4.69, 9.17) is 9.47 Å². The topological polar surface area (TPSA) is 183 Å². The maximum atomic E-state index is 14.8. The number of ketones is 1. The fourth-order valence-electron chi connectivity index (χ4n) is 15.5. The van der Waals surface area contributed by atoms with Crippen LogP contribution in [0.4, 0.5) is 18.0 Å². The van der Waals surface area contributed by atoms with E-state index in [1.54, 1.807) is 0 Å². The van der Waals surface area contributed by atoms with E-state index in [2.05, 4.69) is 50.4 Å². The Balaban J connectivity index is 1.05. The van der Waals surface area contributed by atoms with Crippen LogP contribution in [-0.2, 0) is 34.8 Å². The van der Waals surface area contributed by atoms with Gasteiger partial charge in [0, 0.05) is 17.9 Å². The van der Waals surface area contributed by atoms with Gasteiger partial charge in [0.15, 0.2) is 11.5 Å². The Bertz CT molecular complexity index is 2280. The quantitative estimate of drug-likeness (QED) is 0.202. The first kappa shape index (κ1) is 48.2. The zero-order chi connectivity index (χ0) is 48.5. The summed E-state index contributed by atoms with van der Waals surface area (Å²) in [5.41, 5.74) is -4.36. The SMILES string of the molecule is CCOC(=O)n1nc(C(F)(F)F)cc1C(=O)NC1(C(=O)N[C@@]23CC[C@]4(C)[C@H](CC[C@@H]5[C@@]6(C)CC[C@H](OC(=O)[C@H]7C[C@@H](C(=O)O)C7(C)C)C(C)(C)[C@@H]6CC[C@]54C)C2=C(C(C)C)C(=O)C3)CCC1. The molecular weight excluding hydrogens is 858 g/mol. The molecule has 7 aliphatic rings. The summed E-state index contributed by atoms with van der Waals surface area (Å²) in [4.78, 5) is 81.1. The second kappa shape index (κ2) is 15.6. The van der Waals surface area contributed by atoms with Crippen molar-refractivity contribution in [1.82, 2.24) is 20.4 Å². The van der Waals surface area contributed by atoms with Crippen LogP contribution in [0.1, 0.15) is 169 Å². The maximum Gasteiger partial charge on any atom is 0.435 e. The van der Waals surface area contributed by atoms with Gasteiger partial charge in [0.05, 0.1) is 24.0 Å². The molecule has 0 saturated heterocycles. The lowest BCUT2D eigenvalue weighted by atomic mass is 9.33. The molecule has 0 bridgehead atoms. The van der Waals surface area contributed by atoms with E-state index in [0.717, 1.165) is 49.7 Å². The average molecular weight is 927 g/mol. The van der Waals surface area contributed by atoms with Gasteiger partial charge in [0.1, 0.15) is 17.3 Å². The van der Waals surface area contributed by atoms with Gasteiger partial charge in [-0.1, -0.05) is 62.3 Å². The highest BCUT2D eigenvalue weighted by molar-refractivity contribution is 6.04. The molecule has 2 amide bonds. The van der Waals surface area contributed by atoms with Gasteiger partial charge in [-0.15, -0.1) is 0 Å². The second-order valence-electron chi connectivity index (χ2n) is 23.4. The van der Waals surface area contributed by atoms with Crippen LogP contribution in [0.5, 0.6) is 0 Å². The van der Waals surface area contributed by atoms with Gasteiger partial charge in [-0.3, -0.25) is 24.0 Å². The van der Waals surface area contributed by atoms with E-state index in [0.29, 0.717) is 37.7 Å². The first-order valence-corrected chi connectivity index (χ1v) is 24.2. The molecule has 7 aliphatic carbocycles. The fourth-order valence-corrected chi connectivity index (χ4v) is 15.5. The number of hydrogen-bond donors (Lipinski definition) is 3. The van der Waals surface area contributed by atoms with Crippen LogP contribution in [-0.4, -0.2) is 74.3 Å². The third kappa shape index (κ3) is 6.91. The number of carboxylic acids is 1. The van der Waals surface area contributed by atoms with Crippen LogP contribution in [0.2, 0.25) is 0 Å². The Kier molecular flexibility index (Phi) is 11.4. The van der Waals surface area contributed by atoms with E-state index >= 15 is 0 Å². The van der Waals surface area contributed by atoms with Gasteiger partial charge in [0.2, 0.25) is 5.91 Å². The number of carbonyl (C=O) groups excluding carboxylic acids is 5. The van der Waals surface area contributed by atoms with E-state index in [1.807, 2.05) is 27.7 Å². The minimum absolute atomic E-state index is 0.00408. The monoisotopic (exact) mass is 927 g/mol. The van der Waals surface area contributed by atoms with Crippen LogP contribution >= 0.6 is 0 Å². The number of hydrogen-bond acceptors (Lipinski definition) is 9. The molecule has 13 nitrogen and oxygen atoms in total. The first-order valence-electron chi connectivity index (χ1n) is 24.2. The number of alkyl halides is 3. The highest BCUT2D eigenvalue weighted by Crippen LogP contribution is 2.76. The molecule has 8 rings (SSSR count). The van der Waals surface area contributed by atoms with E-state index in [9.17, 15) is 47.0 Å². The number of nitrogens with zero attached hydrogens (tertiary/aromatic N) is 2. The molecule has 0 aliphatic heterocycles. The number of fused-ring (bicyclic) bond motifs is 7. The maximum absolute atomic E-state index is 14.8. The largest absolute Gasteiger partial charge is 0.481 e. The van der Waals surface area contributed by atoms with Crippen molar-refractivity contribution in [3.8, 4) is 0 Å². The molecule has 66 heavy (non-hydrogen) atoms. The predicted octanol–water partition coefficient (Wildman–Crippen LogP) is 9.07. The number of amides is 2. The number of halogens is 3. The number of aliphatic carboxylic acids is 1. The van der Waals surface area contributed by atoms with Gasteiger partial charge in [-0.2, -0.15) is 23.0 Å². The minimum Gasteiger partial charge on any atom is -0.481 e. The van der Waals surface area contributed by atoms with Crippen molar-refractivity contribution in [2.24, 2.45) is 62.6 Å². The third-order valence-electron chi connectivity index (χ3n) is 19.5. The summed E-state index contributed by atoms with van der Waals surface area (Å²) >= 11 is 0. The van der Waals surface area contributed by atoms with Crippen LogP contribution in [0.25, 0.3) is 0 Å². The van der Waals surface area contributed by atoms with Crippen LogP contribution in [0.15, 0.2) is 17.2 Å². The summed E-state index contributed by atoms with van der Waals surface area (Å²) in [6, 6.07) is 0.477. The molecule has 364 valence electrons. The number of rotatable bonds is 9. The molecule has 0 spiro atoms. The lowest BCUT2D eigenvalue weighted by Crippen LogP contribution is -2.70. The van der Waals surface area contributed by atoms with Crippen molar-refractivity contribution in [2.45, 2.75) is 176 Å². The average Bonchev–Trinajstić information content (AvgIpc) is 3.77. The highest BCUT2D eigenvalue weighted by atomic mass is 19.4. The van der Waals surface area contributed by atoms with E-state index < -0.39 is 69.8 Å². The Hall–Kier alpha value is -4.24. The number of carbonyl (C=O) groups is 6. The van der Waals surface area contributed by atoms with Crippen molar-refractivity contribution >= 4 is 35.6 Å². The molecule has 6 saturated carbocycles. The Morgan fingerprint density at radius 1 is 0.864 bits per heavy atom. The van der Waals surface area contributed by atoms with Gasteiger partial charge in [0.25, 0.3) is 5.91 Å². The summed E-state index contributed by atoms with van der Waals surface area (Å²) < 4.78 is 52.9. The fraction of sp³-hybridized carbons (Fsp3) is 0.780. The zero-order valence-corrected chi connectivity index (χ0v) is 40.3. The molecule has 1 heterocycles. The van der Waals surface area contributed by atoms with Crippen molar-refractivity contribution < 1.29 is 56.5 Å². The summed E-state index contributed by atoms with van der Waals surface area (Å²) in [7, 11) is 0. The number of nitrogens with one attached hydrogen (secondary N) is 2. The van der Waals surface area contributed by atoms with Crippen molar-refractivity contribution in [3.05, 3.63) is 28.6 Å². The zero-order valence-electron chi connectivity index (χ0n) is 40.3. The molecular formula is C50H69F3N4O9. The molecule has 0 radical (unpaired) electrons. The normalized spacial score (nSPS) is 37.2. The molecule has 0 unspecified atom stereocenters. The highest BCUT2D eigenvalue weighted by Gasteiger charge is 2.71. The van der Waals surface area contributed by atoms with Crippen molar-refractivity contribution in [1.29, 1.82) is 0 Å². The number of ether oxygens (including phenoxy) is 2. The Morgan fingerprint density at radius 2 is 1.55 bits per heavy atom. The number of Topliss-reactive ketones (excluding diaryl/α,β-unsaturated/α-hetero) is 1. The predicted molar refractivity (Wildman–Crippen MR) is 234 cm³/mol. The lowest BCUT2D eigenvalue weighted by molar-refractivity contribution is -0.235. The molecule has 0 aromatic carbocycles. The molecule has 1 aromatic rings. The van der Waals surface area contributed by atoms with Crippen molar-refractivity contribution in [3.63, 3.8) is 0 Å². The molecule has 10 atom stereocenters. The van der Waals surface area contributed by atoms with Gasteiger partial charge in [-0.05, 0) is 140 Å². The Labute approximate surface area is 385 Å². The number of esters is 1. The third-order valence-corrected chi connectivity index (χ3v) is 19.5. The second-order valence-corrected chi connectivity index (χ2v) is 23.4. The standard InChI is InChI=1S/C50H69F3N4O9/c1-11-65-42(64)57-30(24-34(56-57)50(51,52)53)38(59)54-48(17-12-18-48)41(63)55-49-22-21-46(9)27(37(49)36(26(2)3)31(58)25-49)13-14-33-45(8)19-16-35(44(6,7)32(45)15-20-47(33,46)10)66-40(62)29-23-28(39(60)61)43(29,4)5/h24,26-29,32-33,35H,11-23,25H2,1-10H3,(H,54,59)(H,55,63)(H,60,61)/t27-,28+,29-,32+,33-,35+,45+,46-,47-,49-/m1/s1. The van der Waals surface area contributed by atoms with Crippen molar-refractivity contribution in [2.75, 3.05) is 6.61 Å². The number of carboxylic acid groups (broad SMARTS) is 1. The summed E-state index contributed by atoms with van der Waals surface area (Å²) in [6.45, 7) is 20.8. The molecule has 16 heteroatoms. The van der Waals surface area contributed by atoms with E-state index in [-0.39, 0.29) is 87.8 Å². The van der Waals surface area contributed by atoms with Gasteiger partial charge >= 0.3 is 24.2 Å². The molecule has 1 aromatic heterocycles. The number of allylic oxidation sites excluding steroid dienone is 1. The Morgan fingerprint density at radius 3 is 2.12 bits per heavy atom. The number of aromatic nitrogens is 2. The summed E-state index contributed by atoms with van der Waals surface area (Å²) in [5, 5.41) is 19.1. The molecule has 6 fully saturated rings. The van der Waals surface area contributed by atoms with E-state index in [1.165, 1.54) is 6.92 Å². The van der Waals surface area contributed by atoms with Crippen LogP contribution < -0.4 is 10.6 Å². The smallest absolute Gasteiger partial charge is 0.435 e. The van der Waals surface area contributed by atoms with Crippen LogP contribution in [0.3, 0.4) is 0 Å². The van der Waals surface area contributed by atoms with Gasteiger partial charge < -0.3 is 25.2 Å². The van der Waals surface area contributed by atoms with Crippen LogP contribution in [0, 0.1) is 62.6 Å². The van der Waals surface area contributed by atoms with Gasteiger partial charge in [-0.25, -0.2) is 4.79 Å². The molecule has 3 N–H and O–H groups in total. The lowest BCUT2D eigenvalue weighted by Gasteiger charge is -2.72. The first-order chi connectivity index (χ1) is 30.5. The summed E-state index contributed by atoms with van der Waals surface area (Å²) in [6.07, 6.45) is 1.32.